The Hall–Kier alpha value is 0.737. The SMILES string of the molecule is CCCCCCCC/C=C\CCCCCCCC(=O)OC(=O)CCCCCCCCCCCCCCCCC.[Ca+2].[H-].[H-].[H-].[Li+]. The van der Waals surface area contributed by atoms with E-state index >= 15 is 0 Å². The van der Waals surface area contributed by atoms with Gasteiger partial charge in [-0.2, -0.15) is 0 Å². The summed E-state index contributed by atoms with van der Waals surface area (Å²) >= 11 is 0. The molecule has 0 heterocycles. The van der Waals surface area contributed by atoms with Gasteiger partial charge in [-0.15, -0.1) is 0 Å². The molecule has 0 aromatic carbocycles. The molecule has 0 fully saturated rings. The van der Waals surface area contributed by atoms with E-state index in [2.05, 4.69) is 26.0 Å². The number of carbonyl (C=O) groups is 2. The summed E-state index contributed by atoms with van der Waals surface area (Å²) < 4.78 is 5.00. The molecule has 236 valence electrons. The van der Waals surface area contributed by atoms with E-state index in [1.54, 1.807) is 0 Å². The average molecular weight is 599 g/mol. The molecule has 3 nitrogen and oxygen atoms in total. The van der Waals surface area contributed by atoms with Crippen molar-refractivity contribution in [2.75, 3.05) is 0 Å². The van der Waals surface area contributed by atoms with E-state index < -0.39 is 0 Å². The summed E-state index contributed by atoms with van der Waals surface area (Å²) in [4.78, 5) is 23.8. The monoisotopic (exact) mass is 599 g/mol. The molecule has 0 unspecified atom stereocenters. The van der Waals surface area contributed by atoms with E-state index in [1.807, 2.05) is 0 Å². The minimum absolute atomic E-state index is 0. The maximum atomic E-state index is 11.9. The van der Waals surface area contributed by atoms with Crippen LogP contribution < -0.4 is 18.9 Å². The molecular weight excluding hydrogens is 527 g/mol. The van der Waals surface area contributed by atoms with Crippen molar-refractivity contribution in [1.82, 2.24) is 0 Å². The van der Waals surface area contributed by atoms with E-state index in [4.69, 9.17) is 4.74 Å². The Bertz CT molecular complexity index is 569. The zero-order valence-electron chi connectivity index (χ0n) is 31.3. The molecule has 0 aliphatic rings. The minimum Gasteiger partial charge on any atom is -1.00 e. The van der Waals surface area contributed by atoms with Crippen molar-refractivity contribution in [3.63, 3.8) is 0 Å². The van der Waals surface area contributed by atoms with Crippen LogP contribution in [0.25, 0.3) is 0 Å². The Kier molecular flexibility index (Phi) is 45.9. The number of ether oxygens (including phenoxy) is 1. The molecule has 0 radical (unpaired) electrons. The number of hydrogen-bond donors (Lipinski definition) is 0. The number of carbonyl (C=O) groups excluding carboxylic acids is 2. The average Bonchev–Trinajstić information content (AvgIpc) is 2.93. The number of rotatable bonds is 31. The van der Waals surface area contributed by atoms with Crippen LogP contribution in [0.4, 0.5) is 0 Å². The van der Waals surface area contributed by atoms with E-state index in [9.17, 15) is 9.59 Å². The second-order valence-electron chi connectivity index (χ2n) is 11.9. The van der Waals surface area contributed by atoms with Crippen molar-refractivity contribution < 1.29 is 37.5 Å². The summed E-state index contributed by atoms with van der Waals surface area (Å²) in [6.45, 7) is 4.54. The van der Waals surface area contributed by atoms with Crippen molar-refractivity contribution in [3.8, 4) is 0 Å². The maximum Gasteiger partial charge on any atom is 2.00 e. The number of hydrogen-bond acceptors (Lipinski definition) is 3. The van der Waals surface area contributed by atoms with Crippen LogP contribution >= 0.6 is 0 Å². The zero-order chi connectivity index (χ0) is 28.5. The Labute approximate surface area is 303 Å². The van der Waals surface area contributed by atoms with Gasteiger partial charge in [0.05, 0.1) is 0 Å². The van der Waals surface area contributed by atoms with Crippen LogP contribution in [0, 0.1) is 0 Å². The van der Waals surface area contributed by atoms with Crippen LogP contribution in [0.5, 0.6) is 0 Å². The van der Waals surface area contributed by atoms with Crippen molar-refractivity contribution in [2.45, 2.75) is 206 Å². The molecule has 0 N–H and O–H groups in total. The molecule has 41 heavy (non-hydrogen) atoms. The molecule has 0 bridgehead atoms. The van der Waals surface area contributed by atoms with Gasteiger partial charge < -0.3 is 9.02 Å². The van der Waals surface area contributed by atoms with Gasteiger partial charge in [0, 0.05) is 12.8 Å². The first-order chi connectivity index (χ1) is 19.2. The van der Waals surface area contributed by atoms with Gasteiger partial charge in [0.25, 0.3) is 0 Å². The topological polar surface area (TPSA) is 43.4 Å². The molecule has 0 rings (SSSR count). The third-order valence-electron chi connectivity index (χ3n) is 7.85. The second kappa shape index (κ2) is 40.7. The maximum absolute atomic E-state index is 11.9. The predicted molar refractivity (Wildman–Crippen MR) is 179 cm³/mol. The number of esters is 2. The van der Waals surface area contributed by atoms with Crippen LogP contribution in [0.2, 0.25) is 0 Å². The first-order valence-corrected chi connectivity index (χ1v) is 17.6. The molecule has 0 saturated heterocycles. The van der Waals surface area contributed by atoms with Gasteiger partial charge in [-0.25, -0.2) is 0 Å². The van der Waals surface area contributed by atoms with Gasteiger partial charge in [-0.3, -0.25) is 9.59 Å². The first-order valence-electron chi connectivity index (χ1n) is 17.6. The fraction of sp³-hybridized carbons (Fsp3) is 0.889. The largest absolute Gasteiger partial charge is 2.00 e. The summed E-state index contributed by atoms with van der Waals surface area (Å²) in [6.07, 6.45) is 41.2. The van der Waals surface area contributed by atoms with Crippen LogP contribution in [-0.4, -0.2) is 49.7 Å². The third kappa shape index (κ3) is 40.7. The van der Waals surface area contributed by atoms with Crippen LogP contribution in [0.15, 0.2) is 12.2 Å². The predicted octanol–water partition coefficient (Wildman–Crippen LogP) is 9.32. The van der Waals surface area contributed by atoms with Gasteiger partial charge in [0.1, 0.15) is 0 Å². The standard InChI is InChI=1S/C36H68O3.Ca.Li.3H/c1-3-5-7-9-11-13-15-17-19-21-23-25-27-29-31-33-35(37)39-36(38)34-32-30-28-26-24-22-20-18-16-14-12-10-8-6-4-2;;;;;/h17,19H,3-16,18,20-34H2,1-2H3;;;;;/q;+2;+1;3*-1/b19-17-;;;;;. The van der Waals surface area contributed by atoms with E-state index in [-0.39, 0.29) is 72.8 Å². The van der Waals surface area contributed by atoms with Crippen molar-refractivity contribution >= 4 is 49.7 Å². The molecule has 0 aliphatic heterocycles. The molecule has 0 aromatic rings. The van der Waals surface area contributed by atoms with E-state index in [0.717, 1.165) is 32.1 Å². The molecule has 0 aliphatic carbocycles. The van der Waals surface area contributed by atoms with Gasteiger partial charge in [-0.05, 0) is 38.5 Å². The first kappa shape index (κ1) is 46.2. The normalized spacial score (nSPS) is 10.9. The summed E-state index contributed by atoms with van der Waals surface area (Å²) in [5, 5.41) is 0. The molecule has 5 heteroatoms. The smallest absolute Gasteiger partial charge is 1.00 e. The summed E-state index contributed by atoms with van der Waals surface area (Å²) in [5.41, 5.74) is 0. The zero-order valence-corrected chi connectivity index (χ0v) is 30.5. The fourth-order valence-electron chi connectivity index (χ4n) is 5.21. The van der Waals surface area contributed by atoms with Crippen LogP contribution in [0.1, 0.15) is 211 Å². The second-order valence-corrected chi connectivity index (χ2v) is 11.9. The van der Waals surface area contributed by atoms with Crippen LogP contribution in [0.3, 0.4) is 0 Å². The van der Waals surface area contributed by atoms with Gasteiger partial charge in [0.15, 0.2) is 0 Å². The van der Waals surface area contributed by atoms with Crippen molar-refractivity contribution in [2.24, 2.45) is 0 Å². The van der Waals surface area contributed by atoms with E-state index in [0.29, 0.717) is 12.8 Å². The van der Waals surface area contributed by atoms with Gasteiger partial charge >= 0.3 is 68.5 Å². The molecule has 0 saturated carbocycles. The number of allylic oxidation sites excluding steroid dienone is 2. The Morgan fingerprint density at radius 3 is 0.976 bits per heavy atom. The van der Waals surface area contributed by atoms with Gasteiger partial charge in [-0.1, -0.05) is 167 Å². The summed E-state index contributed by atoms with van der Waals surface area (Å²) in [7, 11) is 0. The third-order valence-corrected chi connectivity index (χ3v) is 7.85. The molecule has 0 amide bonds. The van der Waals surface area contributed by atoms with Crippen molar-refractivity contribution in [3.05, 3.63) is 12.2 Å². The Morgan fingerprint density at radius 1 is 0.439 bits per heavy atom. The van der Waals surface area contributed by atoms with E-state index in [1.165, 1.54) is 148 Å². The Morgan fingerprint density at radius 2 is 0.683 bits per heavy atom. The molecule has 0 aromatic heterocycles. The quantitative estimate of drug-likeness (QED) is 0.0263. The minimum atomic E-state index is -0.335. The summed E-state index contributed by atoms with van der Waals surface area (Å²) in [6, 6.07) is 0. The summed E-state index contributed by atoms with van der Waals surface area (Å²) in [5.74, 6) is -0.666. The Balaban J connectivity index is -0.000000722. The molecule has 0 spiro atoms. The molecular formula is C36H71CaLiO3. The number of unbranched alkanes of at least 4 members (excludes halogenated alkanes) is 25. The van der Waals surface area contributed by atoms with Gasteiger partial charge in [0.2, 0.25) is 0 Å². The van der Waals surface area contributed by atoms with Crippen molar-refractivity contribution in [1.29, 1.82) is 0 Å². The fourth-order valence-corrected chi connectivity index (χ4v) is 5.21. The van der Waals surface area contributed by atoms with Crippen LogP contribution in [-0.2, 0) is 14.3 Å². The molecule has 0 atom stereocenters.